The zero-order valence-electron chi connectivity index (χ0n) is 44.0. The lowest BCUT2D eigenvalue weighted by molar-refractivity contribution is 0.0614. The number of hydrogen-bond acceptors (Lipinski definition) is 8. The minimum atomic E-state index is -2.84. The average Bonchev–Trinajstić information content (AvgIpc) is 3.30. The molecule has 0 atom stereocenters. The molecule has 0 unspecified atom stereocenters. The van der Waals surface area contributed by atoms with Crippen molar-refractivity contribution in [1.82, 2.24) is 9.80 Å². The fourth-order valence-electron chi connectivity index (χ4n) is 7.07. The molecular weight excluding hydrogens is 841 g/mol. The highest BCUT2D eigenvalue weighted by molar-refractivity contribution is 6.61. The maximum atomic E-state index is 6.67. The molecular formula is C55H106N2O6Si2. The minimum Gasteiger partial charge on any atom is -0.373 e. The highest BCUT2D eigenvalue weighted by Crippen LogP contribution is 2.23. The van der Waals surface area contributed by atoms with E-state index in [4.69, 9.17) is 26.6 Å². The summed E-state index contributed by atoms with van der Waals surface area (Å²) in [6.07, 6.45) is 51.7. The van der Waals surface area contributed by atoms with Crippen LogP contribution in [0, 0.1) is 0 Å². The SMILES string of the molecule is CCC/C=C\CCO[Si](CCCCN(C)CCCN(C)CCCC[Si](OCC/C=C\CCC)(OCC/C=C\CCC)OCC/C=C\CCC)(OCC/C=C\CCC)OCC/C=C\CCC. The second-order valence-corrected chi connectivity index (χ2v) is 23.1. The van der Waals surface area contributed by atoms with E-state index in [0.29, 0.717) is 39.6 Å². The first-order chi connectivity index (χ1) is 31.9. The first-order valence-electron chi connectivity index (χ1n) is 27.0. The lowest BCUT2D eigenvalue weighted by Gasteiger charge is -2.30. The zero-order chi connectivity index (χ0) is 47.6. The molecule has 10 heteroatoms. The lowest BCUT2D eigenvalue weighted by atomic mass is 10.3. The summed E-state index contributed by atoms with van der Waals surface area (Å²) in [6, 6.07) is 1.74. The highest BCUT2D eigenvalue weighted by atomic mass is 28.4. The molecule has 8 nitrogen and oxygen atoms in total. The van der Waals surface area contributed by atoms with Gasteiger partial charge in [-0.25, -0.2) is 0 Å². The highest BCUT2D eigenvalue weighted by Gasteiger charge is 2.41. The number of hydrogen-bond donors (Lipinski definition) is 0. The standard InChI is InChI=1S/C55H106N2O6Si2/c1-9-15-21-27-35-48-58-64(59-49-36-28-22-16-10-2,60-50-37-29-23-17-11-3)54-41-33-44-56(7)46-43-47-57(8)45-34-42-55-65(61-51-38-30-24-18-12-4,62-52-39-31-25-19-13-5)63-53-40-32-26-20-14-6/h21-32H,9-20,33-55H2,1-8H3/b27-21-,28-22-,29-23-,30-24-,31-25-,32-26-. The summed E-state index contributed by atoms with van der Waals surface area (Å²) in [5, 5.41) is 0. The molecule has 65 heavy (non-hydrogen) atoms. The van der Waals surface area contributed by atoms with E-state index in [1.54, 1.807) is 0 Å². The summed E-state index contributed by atoms with van der Waals surface area (Å²) < 4.78 is 40.0. The maximum Gasteiger partial charge on any atom is 0.500 e. The number of rotatable bonds is 50. The van der Waals surface area contributed by atoms with Crippen molar-refractivity contribution < 1.29 is 26.6 Å². The Bertz CT molecular complexity index is 981. The molecule has 0 spiro atoms. The van der Waals surface area contributed by atoms with Crippen LogP contribution in [0.25, 0.3) is 0 Å². The monoisotopic (exact) mass is 947 g/mol. The Hall–Kier alpha value is -1.45. The van der Waals surface area contributed by atoms with Gasteiger partial charge in [-0.15, -0.1) is 0 Å². The Labute approximate surface area is 406 Å². The topological polar surface area (TPSA) is 61.9 Å². The van der Waals surface area contributed by atoms with Gasteiger partial charge in [0.15, 0.2) is 0 Å². The van der Waals surface area contributed by atoms with Crippen LogP contribution in [0.4, 0.5) is 0 Å². The second-order valence-electron chi connectivity index (χ2n) is 17.6. The number of allylic oxidation sites excluding steroid dienone is 6. The van der Waals surface area contributed by atoms with Crippen LogP contribution in [0.3, 0.4) is 0 Å². The summed E-state index contributed by atoms with van der Waals surface area (Å²) in [4.78, 5) is 4.99. The van der Waals surface area contributed by atoms with Crippen LogP contribution < -0.4 is 0 Å². The van der Waals surface area contributed by atoms with E-state index in [2.05, 4.69) is 138 Å². The Morgan fingerprint density at radius 2 is 0.477 bits per heavy atom. The summed E-state index contributed by atoms with van der Waals surface area (Å²) in [6.45, 7) is 21.6. The molecule has 0 saturated carbocycles. The van der Waals surface area contributed by atoms with Crippen LogP contribution in [0.15, 0.2) is 72.9 Å². The third-order valence-corrected chi connectivity index (χ3v) is 16.8. The number of unbranched alkanes of at least 4 members (excludes halogenated alkanes) is 8. The van der Waals surface area contributed by atoms with Crippen molar-refractivity contribution in [2.24, 2.45) is 0 Å². The van der Waals surface area contributed by atoms with Gasteiger partial charge in [0.1, 0.15) is 0 Å². The largest absolute Gasteiger partial charge is 0.500 e. The zero-order valence-corrected chi connectivity index (χ0v) is 46.0. The van der Waals surface area contributed by atoms with Gasteiger partial charge in [-0.3, -0.25) is 0 Å². The van der Waals surface area contributed by atoms with Crippen molar-refractivity contribution in [3.63, 3.8) is 0 Å². The molecule has 0 N–H and O–H groups in total. The van der Waals surface area contributed by atoms with Gasteiger partial charge in [-0.1, -0.05) is 153 Å². The summed E-state index contributed by atoms with van der Waals surface area (Å²) in [5.74, 6) is 0. The fraction of sp³-hybridized carbons (Fsp3) is 0.782. The lowest BCUT2D eigenvalue weighted by Crippen LogP contribution is -2.46. The van der Waals surface area contributed by atoms with Crippen LogP contribution in [0.2, 0.25) is 12.1 Å². The predicted octanol–water partition coefficient (Wildman–Crippen LogP) is 15.3. The maximum absolute atomic E-state index is 6.67. The van der Waals surface area contributed by atoms with Crippen molar-refractivity contribution >= 4 is 17.6 Å². The van der Waals surface area contributed by atoms with Gasteiger partial charge in [0.2, 0.25) is 0 Å². The third kappa shape index (κ3) is 41.3. The van der Waals surface area contributed by atoms with E-state index in [0.717, 1.165) is 147 Å². The molecule has 0 fully saturated rings. The molecule has 0 amide bonds. The van der Waals surface area contributed by atoms with Crippen LogP contribution in [0.1, 0.15) is 189 Å². The molecule has 0 aromatic rings. The van der Waals surface area contributed by atoms with Gasteiger partial charge in [-0.05, 0) is 149 Å². The van der Waals surface area contributed by atoms with Gasteiger partial charge in [0, 0.05) is 51.7 Å². The Balaban J connectivity index is 5.27. The van der Waals surface area contributed by atoms with Crippen molar-refractivity contribution in [3.8, 4) is 0 Å². The molecule has 0 saturated heterocycles. The number of nitrogens with zero attached hydrogens (tertiary/aromatic N) is 2. The molecule has 0 heterocycles. The average molecular weight is 948 g/mol. The third-order valence-electron chi connectivity index (χ3n) is 11.0. The van der Waals surface area contributed by atoms with Crippen LogP contribution >= 0.6 is 0 Å². The summed E-state index contributed by atoms with van der Waals surface area (Å²) in [7, 11) is -1.14. The molecule has 0 aliphatic heterocycles. The van der Waals surface area contributed by atoms with Gasteiger partial charge in [0.05, 0.1) is 0 Å². The van der Waals surface area contributed by atoms with Gasteiger partial charge in [0.25, 0.3) is 0 Å². The van der Waals surface area contributed by atoms with Crippen molar-refractivity contribution in [2.45, 2.75) is 201 Å². The molecule has 0 aliphatic rings. The molecule has 0 aromatic carbocycles. The van der Waals surface area contributed by atoms with E-state index in [-0.39, 0.29) is 0 Å². The summed E-state index contributed by atoms with van der Waals surface area (Å²) in [5.41, 5.74) is 0. The quantitative estimate of drug-likeness (QED) is 0.0340. The van der Waals surface area contributed by atoms with E-state index >= 15 is 0 Å². The Morgan fingerprint density at radius 1 is 0.277 bits per heavy atom. The smallest absolute Gasteiger partial charge is 0.373 e. The molecule has 0 rings (SSSR count). The van der Waals surface area contributed by atoms with Crippen LogP contribution in [-0.2, 0) is 26.6 Å². The Kier molecular flexibility index (Phi) is 47.9. The van der Waals surface area contributed by atoms with Gasteiger partial charge >= 0.3 is 17.6 Å². The van der Waals surface area contributed by atoms with Crippen molar-refractivity contribution in [2.75, 3.05) is 79.9 Å². The molecule has 380 valence electrons. The van der Waals surface area contributed by atoms with Crippen LogP contribution in [0.5, 0.6) is 0 Å². The molecule has 0 aromatic heterocycles. The predicted molar refractivity (Wildman–Crippen MR) is 287 cm³/mol. The normalized spacial score (nSPS) is 13.2. The van der Waals surface area contributed by atoms with E-state index in [1.807, 2.05) is 0 Å². The fourth-order valence-corrected chi connectivity index (χ4v) is 12.4. The Morgan fingerprint density at radius 3 is 0.692 bits per heavy atom. The molecule has 0 radical (unpaired) electrons. The molecule has 0 aliphatic carbocycles. The first kappa shape index (κ1) is 63.6. The van der Waals surface area contributed by atoms with E-state index in [9.17, 15) is 0 Å². The van der Waals surface area contributed by atoms with Crippen LogP contribution in [-0.4, -0.2) is 107 Å². The summed E-state index contributed by atoms with van der Waals surface area (Å²) >= 11 is 0. The minimum absolute atomic E-state index is 0.653. The van der Waals surface area contributed by atoms with E-state index in [1.165, 1.54) is 38.5 Å². The second kappa shape index (κ2) is 49.0. The first-order valence-corrected chi connectivity index (χ1v) is 30.8. The molecule has 0 bridgehead atoms. The van der Waals surface area contributed by atoms with Gasteiger partial charge in [-0.2, -0.15) is 0 Å². The van der Waals surface area contributed by atoms with Crippen molar-refractivity contribution in [3.05, 3.63) is 72.9 Å². The van der Waals surface area contributed by atoms with Gasteiger partial charge < -0.3 is 36.4 Å². The van der Waals surface area contributed by atoms with E-state index < -0.39 is 17.6 Å². The van der Waals surface area contributed by atoms with Crippen molar-refractivity contribution in [1.29, 1.82) is 0 Å².